The van der Waals surface area contributed by atoms with Gasteiger partial charge in [0.2, 0.25) is 5.91 Å². The zero-order valence-corrected chi connectivity index (χ0v) is 12.5. The fourth-order valence-corrected chi connectivity index (χ4v) is 2.94. The minimum Gasteiger partial charge on any atom is -0.352 e. The maximum Gasteiger partial charge on any atom is 0.269 e. The second-order valence-corrected chi connectivity index (χ2v) is 5.64. The summed E-state index contributed by atoms with van der Waals surface area (Å²) in [7, 11) is 0. The van der Waals surface area contributed by atoms with Crippen LogP contribution in [0.25, 0.3) is 0 Å². The predicted molar refractivity (Wildman–Crippen MR) is 80.8 cm³/mol. The van der Waals surface area contributed by atoms with Gasteiger partial charge in [0.1, 0.15) is 0 Å². The molecule has 0 bridgehead atoms. The molecule has 0 spiro atoms. The first-order valence-electron chi connectivity index (χ1n) is 7.49. The third kappa shape index (κ3) is 4.26. The molecule has 2 rings (SSSR count). The van der Waals surface area contributed by atoms with E-state index in [0.29, 0.717) is 18.5 Å². The average Bonchev–Trinajstić information content (AvgIpc) is 2.59. The van der Waals surface area contributed by atoms with Crippen LogP contribution in [0.3, 0.4) is 0 Å². The van der Waals surface area contributed by atoms with Gasteiger partial charge in [-0.2, -0.15) is 0 Å². The smallest absolute Gasteiger partial charge is 0.269 e. The maximum absolute atomic E-state index is 12.1. The molecule has 0 radical (unpaired) electrons. The monoisotopic (exact) mass is 321 g/mol. The van der Waals surface area contributed by atoms with Crippen LogP contribution in [0.2, 0.25) is 0 Å². The molecule has 23 heavy (non-hydrogen) atoms. The summed E-state index contributed by atoms with van der Waals surface area (Å²) in [5.41, 5.74) is 1.94. The number of nitro benzene ring substituents is 1. The number of hydrogen-bond donors (Lipinski definition) is 3. The topological polar surface area (TPSA) is 122 Å². The number of non-ortho nitro benzene ring substituents is 1. The van der Waals surface area contributed by atoms with Crippen molar-refractivity contribution in [3.63, 3.8) is 0 Å². The van der Waals surface area contributed by atoms with Gasteiger partial charge in [-0.1, -0.05) is 12.8 Å². The lowest BCUT2D eigenvalue weighted by atomic mass is 9.78. The summed E-state index contributed by atoms with van der Waals surface area (Å²) in [5, 5.41) is 22.1. The van der Waals surface area contributed by atoms with Crippen LogP contribution >= 0.6 is 0 Å². The third-order valence-corrected chi connectivity index (χ3v) is 4.22. The SMILES string of the molecule is O=C(NC[C@@H]1CCCC[C@H]1C(=O)NO)c1ccc([N+](=O)[O-])cc1. The molecule has 0 heterocycles. The Morgan fingerprint density at radius 3 is 2.48 bits per heavy atom. The Morgan fingerprint density at radius 1 is 1.22 bits per heavy atom. The number of nitrogens with zero attached hydrogens (tertiary/aromatic N) is 1. The van der Waals surface area contributed by atoms with Gasteiger partial charge in [-0.3, -0.25) is 24.9 Å². The average molecular weight is 321 g/mol. The molecular formula is C15H19N3O5. The highest BCUT2D eigenvalue weighted by atomic mass is 16.6. The molecule has 1 aromatic carbocycles. The van der Waals surface area contributed by atoms with Crippen LogP contribution in [-0.2, 0) is 4.79 Å². The number of hydroxylamine groups is 1. The molecular weight excluding hydrogens is 302 g/mol. The molecule has 1 aliphatic carbocycles. The van der Waals surface area contributed by atoms with E-state index in [2.05, 4.69) is 5.32 Å². The van der Waals surface area contributed by atoms with Gasteiger partial charge in [0.25, 0.3) is 11.6 Å². The van der Waals surface area contributed by atoms with E-state index in [1.807, 2.05) is 0 Å². The molecule has 2 amide bonds. The van der Waals surface area contributed by atoms with Gasteiger partial charge in [-0.15, -0.1) is 0 Å². The van der Waals surface area contributed by atoms with Crippen LogP contribution in [-0.4, -0.2) is 28.5 Å². The molecule has 8 heteroatoms. The number of nitrogens with one attached hydrogen (secondary N) is 2. The predicted octanol–water partition coefficient (Wildman–Crippen LogP) is 1.64. The molecule has 1 aliphatic rings. The van der Waals surface area contributed by atoms with Crippen molar-refractivity contribution >= 4 is 17.5 Å². The summed E-state index contributed by atoms with van der Waals surface area (Å²) in [6.07, 6.45) is 3.39. The third-order valence-electron chi connectivity index (χ3n) is 4.22. The van der Waals surface area contributed by atoms with E-state index in [4.69, 9.17) is 5.21 Å². The Kier molecular flexibility index (Phi) is 5.64. The highest BCUT2D eigenvalue weighted by molar-refractivity contribution is 5.94. The fraction of sp³-hybridized carbons (Fsp3) is 0.467. The number of amides is 2. The standard InChI is InChI=1S/C15H19N3O5/c19-14(10-5-7-12(8-6-10)18(22)23)16-9-11-3-1-2-4-13(11)15(20)17-21/h5-8,11,13,21H,1-4,9H2,(H,16,19)(H,17,20)/t11-,13+/m0/s1. The molecule has 0 saturated heterocycles. The normalized spacial score (nSPS) is 20.6. The minimum atomic E-state index is -0.526. The van der Waals surface area contributed by atoms with Gasteiger partial charge in [0.15, 0.2) is 0 Å². The summed E-state index contributed by atoms with van der Waals surface area (Å²) in [5.74, 6) is -1.10. The minimum absolute atomic E-state index is 0.0297. The zero-order valence-electron chi connectivity index (χ0n) is 12.5. The summed E-state index contributed by atoms with van der Waals surface area (Å²) >= 11 is 0. The Morgan fingerprint density at radius 2 is 1.87 bits per heavy atom. The highest BCUT2D eigenvalue weighted by Crippen LogP contribution is 2.29. The molecule has 8 nitrogen and oxygen atoms in total. The van der Waals surface area contributed by atoms with Crippen molar-refractivity contribution in [2.24, 2.45) is 11.8 Å². The van der Waals surface area contributed by atoms with Crippen LogP contribution in [0.15, 0.2) is 24.3 Å². The van der Waals surface area contributed by atoms with Gasteiger partial charge in [0, 0.05) is 30.2 Å². The Labute approximate surface area is 133 Å². The molecule has 0 aromatic heterocycles. The van der Waals surface area contributed by atoms with Crippen LogP contribution in [0.1, 0.15) is 36.0 Å². The van der Waals surface area contributed by atoms with Crippen molar-refractivity contribution in [2.45, 2.75) is 25.7 Å². The summed E-state index contributed by atoms with van der Waals surface area (Å²) in [6, 6.07) is 5.34. The number of nitro groups is 1. The van der Waals surface area contributed by atoms with Crippen LogP contribution in [0, 0.1) is 22.0 Å². The Balaban J connectivity index is 1.94. The van der Waals surface area contributed by atoms with Crippen LogP contribution in [0.5, 0.6) is 0 Å². The van der Waals surface area contributed by atoms with Crippen molar-refractivity contribution in [3.8, 4) is 0 Å². The highest BCUT2D eigenvalue weighted by Gasteiger charge is 2.31. The molecule has 0 unspecified atom stereocenters. The lowest BCUT2D eigenvalue weighted by molar-refractivity contribution is -0.384. The molecule has 1 saturated carbocycles. The lowest BCUT2D eigenvalue weighted by Crippen LogP contribution is -2.40. The summed E-state index contributed by atoms with van der Waals surface area (Å²) in [6.45, 7) is 0.327. The molecule has 1 aromatic rings. The van der Waals surface area contributed by atoms with Crippen molar-refractivity contribution in [1.29, 1.82) is 0 Å². The number of rotatable bonds is 5. The number of hydrogen-bond acceptors (Lipinski definition) is 5. The van der Waals surface area contributed by atoms with Gasteiger partial charge in [-0.25, -0.2) is 5.48 Å². The first-order chi connectivity index (χ1) is 11.0. The number of carbonyl (C=O) groups is 2. The van der Waals surface area contributed by atoms with E-state index < -0.39 is 10.8 Å². The zero-order chi connectivity index (χ0) is 16.8. The lowest BCUT2D eigenvalue weighted by Gasteiger charge is -2.29. The quantitative estimate of drug-likeness (QED) is 0.432. The molecule has 124 valence electrons. The number of carbonyl (C=O) groups excluding carboxylic acids is 2. The van der Waals surface area contributed by atoms with Crippen molar-refractivity contribution < 1.29 is 19.7 Å². The van der Waals surface area contributed by atoms with E-state index in [1.165, 1.54) is 24.3 Å². The van der Waals surface area contributed by atoms with E-state index in [0.717, 1.165) is 19.3 Å². The van der Waals surface area contributed by atoms with Crippen LogP contribution < -0.4 is 10.8 Å². The van der Waals surface area contributed by atoms with E-state index >= 15 is 0 Å². The first-order valence-corrected chi connectivity index (χ1v) is 7.49. The Bertz CT molecular complexity index is 587. The Hall–Kier alpha value is -2.48. The van der Waals surface area contributed by atoms with Gasteiger partial charge >= 0.3 is 0 Å². The van der Waals surface area contributed by atoms with Crippen molar-refractivity contribution in [1.82, 2.24) is 10.8 Å². The second-order valence-electron chi connectivity index (χ2n) is 5.64. The molecule has 0 aliphatic heterocycles. The largest absolute Gasteiger partial charge is 0.352 e. The first kappa shape index (κ1) is 16.9. The van der Waals surface area contributed by atoms with Crippen LogP contribution in [0.4, 0.5) is 5.69 Å². The maximum atomic E-state index is 12.1. The molecule has 1 fully saturated rings. The summed E-state index contributed by atoms with van der Waals surface area (Å²) in [4.78, 5) is 33.8. The van der Waals surface area contributed by atoms with E-state index in [-0.39, 0.29) is 23.4 Å². The van der Waals surface area contributed by atoms with E-state index in [1.54, 1.807) is 5.48 Å². The second kappa shape index (κ2) is 7.68. The fourth-order valence-electron chi connectivity index (χ4n) is 2.94. The van der Waals surface area contributed by atoms with Crippen molar-refractivity contribution in [2.75, 3.05) is 6.54 Å². The van der Waals surface area contributed by atoms with E-state index in [9.17, 15) is 19.7 Å². The van der Waals surface area contributed by atoms with Crippen molar-refractivity contribution in [3.05, 3.63) is 39.9 Å². The molecule has 2 atom stereocenters. The molecule has 3 N–H and O–H groups in total. The van der Waals surface area contributed by atoms with Gasteiger partial charge in [-0.05, 0) is 30.9 Å². The summed E-state index contributed by atoms with van der Waals surface area (Å²) < 4.78 is 0. The number of benzene rings is 1. The van der Waals surface area contributed by atoms with Gasteiger partial charge < -0.3 is 5.32 Å². The van der Waals surface area contributed by atoms with Gasteiger partial charge in [0.05, 0.1) is 4.92 Å².